The number of hydrogen-bond acceptors (Lipinski definition) is 6. The highest BCUT2D eigenvalue weighted by molar-refractivity contribution is 6.12. The monoisotopic (exact) mass is 369 g/mol. The molecule has 0 amide bonds. The Kier molecular flexibility index (Phi) is 5.61. The zero-order valence-electron chi connectivity index (χ0n) is 14.5. The number of carbonyl (C=O) groups is 2. The average Bonchev–Trinajstić information content (AvgIpc) is 3.01. The maximum atomic E-state index is 13.8. The first kappa shape index (κ1) is 18.3. The Morgan fingerprint density at radius 3 is 2.81 bits per heavy atom. The lowest BCUT2D eigenvalue weighted by atomic mass is 10.2. The summed E-state index contributed by atoms with van der Waals surface area (Å²) in [4.78, 5) is 27.5. The molecule has 1 aliphatic heterocycles. The average molecular weight is 369 g/mol. The van der Waals surface area contributed by atoms with Crippen LogP contribution in [0.1, 0.15) is 18.1 Å². The number of nitrogens with zero attached hydrogens (tertiary/aromatic N) is 1. The van der Waals surface area contributed by atoms with Crippen LogP contribution in [-0.2, 0) is 19.1 Å². The van der Waals surface area contributed by atoms with Gasteiger partial charge in [-0.15, -0.1) is 0 Å². The normalized spacial score (nSPS) is 14.7. The van der Waals surface area contributed by atoms with Gasteiger partial charge in [-0.25, -0.2) is 19.0 Å². The number of benzene rings is 2. The van der Waals surface area contributed by atoms with Crippen molar-refractivity contribution in [1.29, 1.82) is 0 Å². The van der Waals surface area contributed by atoms with Gasteiger partial charge in [0, 0.05) is 0 Å². The van der Waals surface area contributed by atoms with E-state index < -0.39 is 17.8 Å². The van der Waals surface area contributed by atoms with Gasteiger partial charge in [-0.1, -0.05) is 24.3 Å². The molecule has 0 unspecified atom stereocenters. The summed E-state index contributed by atoms with van der Waals surface area (Å²) in [6, 6.07) is 12.6. The van der Waals surface area contributed by atoms with Gasteiger partial charge in [0.2, 0.25) is 5.90 Å². The summed E-state index contributed by atoms with van der Waals surface area (Å²) in [5.41, 5.74) is 0.762. The van der Waals surface area contributed by atoms with Gasteiger partial charge in [0.05, 0.1) is 12.2 Å². The van der Waals surface area contributed by atoms with Crippen molar-refractivity contribution in [2.24, 2.45) is 4.99 Å². The van der Waals surface area contributed by atoms with E-state index in [-0.39, 0.29) is 30.4 Å². The van der Waals surface area contributed by atoms with Crippen molar-refractivity contribution in [3.8, 4) is 5.75 Å². The molecular formula is C20H16FNO5. The van der Waals surface area contributed by atoms with Crippen molar-refractivity contribution in [2.45, 2.75) is 6.92 Å². The zero-order valence-corrected chi connectivity index (χ0v) is 14.5. The molecule has 1 heterocycles. The Hall–Kier alpha value is -3.48. The van der Waals surface area contributed by atoms with Crippen LogP contribution in [0.3, 0.4) is 0 Å². The summed E-state index contributed by atoms with van der Waals surface area (Å²) in [5.74, 6) is -1.33. The van der Waals surface area contributed by atoms with Crippen molar-refractivity contribution in [3.05, 3.63) is 71.2 Å². The van der Waals surface area contributed by atoms with Crippen LogP contribution in [0.25, 0.3) is 6.08 Å². The molecule has 0 aliphatic carbocycles. The van der Waals surface area contributed by atoms with Crippen LogP contribution in [-0.4, -0.2) is 31.1 Å². The highest BCUT2D eigenvalue weighted by Gasteiger charge is 2.25. The summed E-state index contributed by atoms with van der Waals surface area (Å²) >= 11 is 0. The second kappa shape index (κ2) is 8.27. The number of hydrogen-bond donors (Lipinski definition) is 0. The van der Waals surface area contributed by atoms with E-state index in [4.69, 9.17) is 14.2 Å². The lowest BCUT2D eigenvalue weighted by Crippen LogP contribution is -2.14. The van der Waals surface area contributed by atoms with E-state index in [1.54, 1.807) is 37.3 Å². The standard InChI is InChI=1S/C20H16FNO5/c1-2-25-18(23)12-26-14-7-5-6-13(10-14)11-17-20(24)27-19(22-17)15-8-3-4-9-16(15)21/h3-11H,2,12H2,1H3/b17-11-. The van der Waals surface area contributed by atoms with Gasteiger partial charge in [-0.05, 0) is 42.8 Å². The second-order valence-electron chi connectivity index (χ2n) is 5.48. The van der Waals surface area contributed by atoms with E-state index in [0.717, 1.165) is 0 Å². The fourth-order valence-corrected chi connectivity index (χ4v) is 2.36. The van der Waals surface area contributed by atoms with E-state index in [2.05, 4.69) is 4.99 Å². The Bertz CT molecular complexity index is 935. The summed E-state index contributed by atoms with van der Waals surface area (Å²) in [5, 5.41) is 0. The third kappa shape index (κ3) is 4.58. The van der Waals surface area contributed by atoms with Crippen molar-refractivity contribution >= 4 is 23.9 Å². The Labute approximate surface area is 154 Å². The molecule has 0 radical (unpaired) electrons. The van der Waals surface area contributed by atoms with Gasteiger partial charge in [-0.2, -0.15) is 0 Å². The minimum atomic E-state index is -0.675. The first-order valence-corrected chi connectivity index (χ1v) is 8.23. The minimum absolute atomic E-state index is 0.0378. The Morgan fingerprint density at radius 1 is 1.22 bits per heavy atom. The molecule has 0 saturated heterocycles. The van der Waals surface area contributed by atoms with Gasteiger partial charge >= 0.3 is 11.9 Å². The molecule has 0 N–H and O–H groups in total. The van der Waals surface area contributed by atoms with E-state index >= 15 is 0 Å². The first-order valence-electron chi connectivity index (χ1n) is 8.23. The fourth-order valence-electron chi connectivity index (χ4n) is 2.36. The molecule has 3 rings (SSSR count). The van der Waals surface area contributed by atoms with E-state index in [0.29, 0.717) is 11.3 Å². The van der Waals surface area contributed by atoms with Gasteiger partial charge in [0.25, 0.3) is 0 Å². The van der Waals surface area contributed by atoms with Crippen molar-refractivity contribution in [1.82, 2.24) is 0 Å². The molecule has 2 aromatic rings. The van der Waals surface area contributed by atoms with Crippen molar-refractivity contribution in [2.75, 3.05) is 13.2 Å². The molecule has 0 saturated carbocycles. The molecule has 2 aromatic carbocycles. The van der Waals surface area contributed by atoms with Crippen LogP contribution in [0.4, 0.5) is 4.39 Å². The van der Waals surface area contributed by atoms with Crippen LogP contribution in [0.2, 0.25) is 0 Å². The van der Waals surface area contributed by atoms with E-state index in [1.165, 1.54) is 24.3 Å². The van der Waals surface area contributed by atoms with E-state index in [1.807, 2.05) is 0 Å². The number of cyclic esters (lactones) is 1. The molecule has 138 valence electrons. The predicted molar refractivity (Wildman–Crippen MR) is 95.6 cm³/mol. The van der Waals surface area contributed by atoms with Crippen LogP contribution in [0.5, 0.6) is 5.75 Å². The Morgan fingerprint density at radius 2 is 2.04 bits per heavy atom. The SMILES string of the molecule is CCOC(=O)COc1cccc(/C=C2\N=C(c3ccccc3F)OC2=O)c1. The molecule has 1 aliphatic rings. The van der Waals surface area contributed by atoms with Crippen LogP contribution < -0.4 is 4.74 Å². The number of ether oxygens (including phenoxy) is 3. The molecule has 6 nitrogen and oxygen atoms in total. The quantitative estimate of drug-likeness (QED) is 0.578. The zero-order chi connectivity index (χ0) is 19.2. The fraction of sp³-hybridized carbons (Fsp3) is 0.150. The molecule has 0 bridgehead atoms. The lowest BCUT2D eigenvalue weighted by Gasteiger charge is -2.06. The molecule has 0 aromatic heterocycles. The van der Waals surface area contributed by atoms with Crippen LogP contribution in [0, 0.1) is 5.82 Å². The maximum absolute atomic E-state index is 13.8. The smallest absolute Gasteiger partial charge is 0.363 e. The molecule has 0 atom stereocenters. The minimum Gasteiger partial charge on any atom is -0.482 e. The third-order valence-corrected chi connectivity index (χ3v) is 3.55. The summed E-state index contributed by atoms with van der Waals surface area (Å²) < 4.78 is 29.0. The highest BCUT2D eigenvalue weighted by Crippen LogP contribution is 2.22. The molecule has 0 fully saturated rings. The largest absolute Gasteiger partial charge is 0.482 e. The lowest BCUT2D eigenvalue weighted by molar-refractivity contribution is -0.145. The van der Waals surface area contributed by atoms with Crippen LogP contribution in [0.15, 0.2) is 59.2 Å². The van der Waals surface area contributed by atoms with Gasteiger partial charge in [-0.3, -0.25) is 0 Å². The second-order valence-corrected chi connectivity index (χ2v) is 5.48. The maximum Gasteiger partial charge on any atom is 0.363 e. The van der Waals surface area contributed by atoms with E-state index in [9.17, 15) is 14.0 Å². The van der Waals surface area contributed by atoms with Crippen molar-refractivity contribution < 1.29 is 28.2 Å². The summed E-state index contributed by atoms with van der Waals surface area (Å²) in [7, 11) is 0. The summed E-state index contributed by atoms with van der Waals surface area (Å²) in [6.07, 6.45) is 1.49. The molecular weight excluding hydrogens is 353 g/mol. The Balaban J connectivity index is 1.78. The molecule has 0 spiro atoms. The van der Waals surface area contributed by atoms with Gasteiger partial charge < -0.3 is 14.2 Å². The van der Waals surface area contributed by atoms with Gasteiger partial charge in [0.1, 0.15) is 11.6 Å². The topological polar surface area (TPSA) is 74.2 Å². The highest BCUT2D eigenvalue weighted by atomic mass is 19.1. The number of aliphatic imine (C=N–C) groups is 1. The molecule has 27 heavy (non-hydrogen) atoms. The van der Waals surface area contributed by atoms with Crippen molar-refractivity contribution in [3.63, 3.8) is 0 Å². The van der Waals surface area contributed by atoms with Gasteiger partial charge in [0.15, 0.2) is 12.3 Å². The third-order valence-electron chi connectivity index (χ3n) is 3.55. The number of halogens is 1. The summed E-state index contributed by atoms with van der Waals surface area (Å²) in [6.45, 7) is 1.77. The number of rotatable bonds is 6. The number of carbonyl (C=O) groups excluding carboxylic acids is 2. The van der Waals surface area contributed by atoms with Crippen LogP contribution >= 0.6 is 0 Å². The predicted octanol–water partition coefficient (Wildman–Crippen LogP) is 3.11. The first-order chi connectivity index (χ1) is 13.1. The number of esters is 2. The molecule has 7 heteroatoms.